The summed E-state index contributed by atoms with van der Waals surface area (Å²) in [6.07, 6.45) is 1.52. The van der Waals surface area contributed by atoms with Crippen molar-refractivity contribution >= 4 is 27.4 Å². The fourth-order valence-corrected chi connectivity index (χ4v) is 3.10. The Morgan fingerprint density at radius 3 is 2.67 bits per heavy atom. The van der Waals surface area contributed by atoms with Crippen LogP contribution in [0.4, 0.5) is 0 Å². The van der Waals surface area contributed by atoms with Gasteiger partial charge in [0.2, 0.25) is 0 Å². The Kier molecular flexibility index (Phi) is 4.15. The van der Waals surface area contributed by atoms with Crippen LogP contribution in [0, 0.1) is 0 Å². The van der Waals surface area contributed by atoms with E-state index in [-0.39, 0.29) is 5.56 Å². The lowest BCUT2D eigenvalue weighted by molar-refractivity contribution is 0.00694. The van der Waals surface area contributed by atoms with Gasteiger partial charge in [-0.05, 0) is 45.0 Å². The first-order valence-corrected chi connectivity index (χ1v) is 8.25. The molecule has 0 aliphatic carbocycles. The van der Waals surface area contributed by atoms with Crippen LogP contribution in [-0.2, 0) is 4.74 Å². The summed E-state index contributed by atoms with van der Waals surface area (Å²) in [5.74, 6) is -0.431. The number of carbonyl (C=O) groups is 1. The Morgan fingerprint density at radius 1 is 1.17 bits per heavy atom. The third-order valence-electron chi connectivity index (χ3n) is 3.14. The molecule has 0 aliphatic rings. The minimum atomic E-state index is -0.577. The molecule has 3 aromatic rings. The Balaban J connectivity index is 2.03. The topological polar surface area (TPSA) is 69.2 Å². The molecule has 1 aromatic carbocycles. The summed E-state index contributed by atoms with van der Waals surface area (Å²) in [5, 5.41) is 1.05. The SMILES string of the molecule is CC(C)(C)OC(=O)c1ccnc(-c2nc(=O)c3ccccc3s2)c1. The van der Waals surface area contributed by atoms with Crippen LogP contribution in [0.3, 0.4) is 0 Å². The number of carbonyl (C=O) groups excluding carboxylic acids is 1. The number of nitrogens with zero attached hydrogens (tertiary/aromatic N) is 2. The van der Waals surface area contributed by atoms with Crippen molar-refractivity contribution in [2.24, 2.45) is 0 Å². The van der Waals surface area contributed by atoms with Gasteiger partial charge in [0.15, 0.2) is 0 Å². The van der Waals surface area contributed by atoms with Crippen LogP contribution in [0.25, 0.3) is 20.8 Å². The van der Waals surface area contributed by atoms with Gasteiger partial charge in [0, 0.05) is 10.9 Å². The van der Waals surface area contributed by atoms with Gasteiger partial charge < -0.3 is 4.74 Å². The summed E-state index contributed by atoms with van der Waals surface area (Å²) < 4.78 is 6.19. The maximum absolute atomic E-state index is 12.2. The lowest BCUT2D eigenvalue weighted by Crippen LogP contribution is -2.23. The first-order valence-electron chi connectivity index (χ1n) is 7.43. The normalized spacial score (nSPS) is 11.5. The molecule has 0 unspecified atom stereocenters. The minimum absolute atomic E-state index is 0.302. The molecule has 3 rings (SSSR count). The molecule has 2 aromatic heterocycles. The van der Waals surface area contributed by atoms with Crippen LogP contribution in [-0.4, -0.2) is 21.5 Å². The van der Waals surface area contributed by atoms with Crippen LogP contribution in [0.1, 0.15) is 31.1 Å². The summed E-state index contributed by atoms with van der Waals surface area (Å²) in [6, 6.07) is 10.5. The van der Waals surface area contributed by atoms with E-state index in [1.165, 1.54) is 17.5 Å². The van der Waals surface area contributed by atoms with E-state index >= 15 is 0 Å². The highest BCUT2D eigenvalue weighted by Gasteiger charge is 2.19. The predicted molar refractivity (Wildman–Crippen MR) is 94.3 cm³/mol. The quantitative estimate of drug-likeness (QED) is 0.666. The summed E-state index contributed by atoms with van der Waals surface area (Å²) in [7, 11) is 0. The number of fused-ring (bicyclic) bond motifs is 1. The third-order valence-corrected chi connectivity index (χ3v) is 4.21. The number of rotatable bonds is 2. The van der Waals surface area contributed by atoms with Crippen molar-refractivity contribution in [2.45, 2.75) is 26.4 Å². The second kappa shape index (κ2) is 6.13. The van der Waals surface area contributed by atoms with Gasteiger partial charge in [-0.2, -0.15) is 4.98 Å². The van der Waals surface area contributed by atoms with Gasteiger partial charge in [0.1, 0.15) is 10.6 Å². The maximum atomic E-state index is 12.2. The number of aromatic nitrogens is 2. The average molecular weight is 340 g/mol. The van der Waals surface area contributed by atoms with Crippen molar-refractivity contribution in [1.82, 2.24) is 9.97 Å². The largest absolute Gasteiger partial charge is 0.456 e. The molecule has 0 spiro atoms. The van der Waals surface area contributed by atoms with E-state index in [0.29, 0.717) is 21.7 Å². The molecule has 5 nitrogen and oxygen atoms in total. The average Bonchev–Trinajstić information content (AvgIpc) is 2.53. The van der Waals surface area contributed by atoms with E-state index in [4.69, 9.17) is 4.74 Å². The maximum Gasteiger partial charge on any atom is 0.338 e. The fourth-order valence-electron chi connectivity index (χ4n) is 2.13. The van der Waals surface area contributed by atoms with Crippen LogP contribution >= 0.6 is 11.3 Å². The van der Waals surface area contributed by atoms with Crippen molar-refractivity contribution in [1.29, 1.82) is 0 Å². The zero-order valence-corrected chi connectivity index (χ0v) is 14.4. The van der Waals surface area contributed by atoms with Gasteiger partial charge in [-0.25, -0.2) is 4.79 Å². The van der Waals surface area contributed by atoms with Crippen LogP contribution in [0.15, 0.2) is 47.4 Å². The van der Waals surface area contributed by atoms with Crippen molar-refractivity contribution in [3.05, 3.63) is 58.5 Å². The molecule has 0 N–H and O–H groups in total. The Bertz CT molecular complexity index is 974. The number of hydrogen-bond donors (Lipinski definition) is 0. The number of esters is 1. The van der Waals surface area contributed by atoms with Gasteiger partial charge >= 0.3 is 5.97 Å². The molecular formula is C18H16N2O3S. The zero-order chi connectivity index (χ0) is 17.3. The first kappa shape index (κ1) is 16.3. The molecule has 0 saturated heterocycles. The summed E-state index contributed by atoms with van der Waals surface area (Å²) >= 11 is 1.36. The highest BCUT2D eigenvalue weighted by Crippen LogP contribution is 2.25. The molecule has 0 aliphatic heterocycles. The molecule has 122 valence electrons. The molecule has 2 heterocycles. The number of ether oxygens (including phenoxy) is 1. The van der Waals surface area contributed by atoms with Crippen molar-refractivity contribution in [2.75, 3.05) is 0 Å². The minimum Gasteiger partial charge on any atom is -0.456 e. The van der Waals surface area contributed by atoms with Crippen molar-refractivity contribution in [3.63, 3.8) is 0 Å². The molecule has 24 heavy (non-hydrogen) atoms. The second-order valence-electron chi connectivity index (χ2n) is 6.25. The molecule has 0 bridgehead atoms. The van der Waals surface area contributed by atoms with Gasteiger partial charge in [-0.3, -0.25) is 9.78 Å². The molecule has 6 heteroatoms. The third kappa shape index (κ3) is 3.49. The Labute approximate surface area is 143 Å². The smallest absolute Gasteiger partial charge is 0.338 e. The van der Waals surface area contributed by atoms with Crippen molar-refractivity contribution < 1.29 is 9.53 Å². The van der Waals surface area contributed by atoms with E-state index in [9.17, 15) is 9.59 Å². The van der Waals surface area contributed by atoms with E-state index in [1.807, 2.05) is 32.9 Å². The predicted octanol–water partition coefficient (Wildman–Crippen LogP) is 3.67. The van der Waals surface area contributed by atoms with Crippen LogP contribution in [0.2, 0.25) is 0 Å². The molecule has 0 amide bonds. The summed E-state index contributed by atoms with van der Waals surface area (Å²) in [5.41, 5.74) is -0.0217. The number of hydrogen-bond acceptors (Lipinski definition) is 6. The van der Waals surface area contributed by atoms with E-state index in [0.717, 1.165) is 4.70 Å². The second-order valence-corrected chi connectivity index (χ2v) is 7.28. The highest BCUT2D eigenvalue weighted by atomic mass is 32.1. The van der Waals surface area contributed by atoms with E-state index in [2.05, 4.69) is 9.97 Å². The van der Waals surface area contributed by atoms with Crippen LogP contribution in [0.5, 0.6) is 0 Å². The highest BCUT2D eigenvalue weighted by molar-refractivity contribution is 7.21. The number of pyridine rings is 1. The lowest BCUT2D eigenvalue weighted by atomic mass is 10.2. The molecule has 0 atom stereocenters. The lowest BCUT2D eigenvalue weighted by Gasteiger charge is -2.19. The summed E-state index contributed by atoms with van der Waals surface area (Å²) in [6.45, 7) is 5.43. The first-order chi connectivity index (χ1) is 11.3. The fraction of sp³-hybridized carbons (Fsp3) is 0.222. The molecular weight excluding hydrogens is 324 g/mol. The van der Waals surface area contributed by atoms with Crippen LogP contribution < -0.4 is 5.56 Å². The van der Waals surface area contributed by atoms with Gasteiger partial charge in [0.05, 0.1) is 16.6 Å². The Hall–Kier alpha value is -2.60. The molecule has 0 fully saturated rings. The van der Waals surface area contributed by atoms with Gasteiger partial charge in [-0.15, -0.1) is 11.3 Å². The molecule has 0 saturated carbocycles. The van der Waals surface area contributed by atoms with Crippen molar-refractivity contribution in [3.8, 4) is 10.7 Å². The summed E-state index contributed by atoms with van der Waals surface area (Å²) in [4.78, 5) is 32.7. The monoisotopic (exact) mass is 340 g/mol. The zero-order valence-electron chi connectivity index (χ0n) is 13.6. The Morgan fingerprint density at radius 2 is 1.92 bits per heavy atom. The van der Waals surface area contributed by atoms with Gasteiger partial charge in [0.25, 0.3) is 5.56 Å². The molecule has 0 radical (unpaired) electrons. The van der Waals surface area contributed by atoms with Gasteiger partial charge in [-0.1, -0.05) is 12.1 Å². The number of benzene rings is 1. The van der Waals surface area contributed by atoms with E-state index in [1.54, 1.807) is 24.3 Å². The standard InChI is InChI=1S/C18H16N2O3S/c1-18(2,3)23-17(22)11-8-9-19-13(10-11)16-20-15(21)12-6-4-5-7-14(12)24-16/h4-10H,1-3H3. The van der Waals surface area contributed by atoms with E-state index < -0.39 is 11.6 Å².